The molecule has 0 fully saturated rings. The summed E-state index contributed by atoms with van der Waals surface area (Å²) >= 11 is 1.27. The van der Waals surface area contributed by atoms with Crippen molar-refractivity contribution in [3.8, 4) is 0 Å². The maximum atomic E-state index is 12.7. The Bertz CT molecular complexity index is 835. The standard InChI is InChI=1S/C15H12F3N3O2S/c16-15(17,18)10-2-1-3-11(6-10)20-13(23)9-7-21-12(22)4-5-19-14(21)24-8-9/h1-6,9H,7-8H2,(H,20,23). The van der Waals surface area contributed by atoms with Gasteiger partial charge in [-0.3, -0.25) is 14.2 Å². The zero-order chi connectivity index (χ0) is 17.3. The van der Waals surface area contributed by atoms with E-state index in [1.807, 2.05) is 0 Å². The highest BCUT2D eigenvalue weighted by molar-refractivity contribution is 7.99. The number of halogens is 3. The van der Waals surface area contributed by atoms with Crippen molar-refractivity contribution in [3.63, 3.8) is 0 Å². The monoisotopic (exact) mass is 355 g/mol. The highest BCUT2D eigenvalue weighted by Gasteiger charge is 2.31. The van der Waals surface area contributed by atoms with E-state index in [9.17, 15) is 22.8 Å². The molecule has 24 heavy (non-hydrogen) atoms. The van der Waals surface area contributed by atoms with Crippen LogP contribution in [0.5, 0.6) is 0 Å². The first-order chi connectivity index (χ1) is 11.3. The van der Waals surface area contributed by atoms with E-state index in [-0.39, 0.29) is 17.8 Å². The molecule has 0 saturated heterocycles. The summed E-state index contributed by atoms with van der Waals surface area (Å²) in [5, 5.41) is 3.02. The van der Waals surface area contributed by atoms with Gasteiger partial charge in [0.1, 0.15) is 0 Å². The number of fused-ring (bicyclic) bond motifs is 1. The summed E-state index contributed by atoms with van der Waals surface area (Å²) in [5.74, 6) is -0.552. The number of hydrogen-bond donors (Lipinski definition) is 1. The number of anilines is 1. The number of nitrogens with one attached hydrogen (secondary N) is 1. The van der Waals surface area contributed by atoms with E-state index in [1.165, 1.54) is 40.7 Å². The van der Waals surface area contributed by atoms with E-state index >= 15 is 0 Å². The van der Waals surface area contributed by atoms with Gasteiger partial charge < -0.3 is 5.32 Å². The van der Waals surface area contributed by atoms with Crippen molar-refractivity contribution in [2.24, 2.45) is 5.92 Å². The number of rotatable bonds is 2. The van der Waals surface area contributed by atoms with Crippen LogP contribution >= 0.6 is 11.8 Å². The molecule has 1 unspecified atom stereocenters. The normalized spacial score (nSPS) is 17.2. The molecule has 2 aromatic rings. The summed E-state index contributed by atoms with van der Waals surface area (Å²) in [6.07, 6.45) is -3.07. The van der Waals surface area contributed by atoms with Gasteiger partial charge in [0.15, 0.2) is 5.16 Å². The van der Waals surface area contributed by atoms with Crippen molar-refractivity contribution >= 4 is 23.4 Å². The van der Waals surface area contributed by atoms with Gasteiger partial charge in [0, 0.05) is 30.2 Å². The van der Waals surface area contributed by atoms with Crippen LogP contribution in [-0.4, -0.2) is 21.2 Å². The second-order valence-corrected chi connectivity index (χ2v) is 6.24. The average molecular weight is 355 g/mol. The van der Waals surface area contributed by atoms with Crippen LogP contribution in [0.25, 0.3) is 0 Å². The van der Waals surface area contributed by atoms with Crippen molar-refractivity contribution in [2.75, 3.05) is 11.1 Å². The number of nitrogens with zero attached hydrogens (tertiary/aromatic N) is 2. The molecule has 1 atom stereocenters. The Morgan fingerprint density at radius 1 is 1.33 bits per heavy atom. The Balaban J connectivity index is 1.75. The fraction of sp³-hybridized carbons (Fsp3) is 0.267. The number of hydrogen-bond acceptors (Lipinski definition) is 4. The third-order valence-corrected chi connectivity index (χ3v) is 4.70. The van der Waals surface area contributed by atoms with Gasteiger partial charge in [0.05, 0.1) is 11.5 Å². The zero-order valence-corrected chi connectivity index (χ0v) is 13.0. The molecule has 1 aromatic heterocycles. The maximum Gasteiger partial charge on any atom is 0.416 e. The van der Waals surface area contributed by atoms with Crippen molar-refractivity contribution in [2.45, 2.75) is 17.9 Å². The summed E-state index contributed by atoms with van der Waals surface area (Å²) in [5.41, 5.74) is -1.02. The molecule has 1 amide bonds. The molecule has 0 saturated carbocycles. The molecule has 1 aromatic carbocycles. The highest BCUT2D eigenvalue weighted by Crippen LogP contribution is 2.31. The molecule has 1 aliphatic heterocycles. The predicted octanol–water partition coefficient (Wildman–Crippen LogP) is 2.62. The molecule has 0 bridgehead atoms. The largest absolute Gasteiger partial charge is 0.416 e. The smallest absolute Gasteiger partial charge is 0.326 e. The molecule has 0 aliphatic carbocycles. The van der Waals surface area contributed by atoms with Crippen LogP contribution in [-0.2, 0) is 17.5 Å². The number of alkyl halides is 3. The predicted molar refractivity (Wildman–Crippen MR) is 82.8 cm³/mol. The molecular weight excluding hydrogens is 343 g/mol. The van der Waals surface area contributed by atoms with Gasteiger partial charge in [-0.1, -0.05) is 17.8 Å². The van der Waals surface area contributed by atoms with Gasteiger partial charge >= 0.3 is 6.18 Å². The lowest BCUT2D eigenvalue weighted by Crippen LogP contribution is -2.36. The number of benzene rings is 1. The lowest BCUT2D eigenvalue weighted by atomic mass is 10.1. The topological polar surface area (TPSA) is 64.0 Å². The van der Waals surface area contributed by atoms with E-state index in [2.05, 4.69) is 10.3 Å². The van der Waals surface area contributed by atoms with Crippen LogP contribution in [0.1, 0.15) is 5.56 Å². The van der Waals surface area contributed by atoms with Crippen LogP contribution in [0.3, 0.4) is 0 Å². The average Bonchev–Trinajstić information content (AvgIpc) is 2.54. The maximum absolute atomic E-state index is 12.7. The van der Waals surface area contributed by atoms with Gasteiger partial charge in [-0.15, -0.1) is 0 Å². The minimum absolute atomic E-state index is 0.0733. The molecule has 1 aliphatic rings. The van der Waals surface area contributed by atoms with Gasteiger partial charge in [-0.05, 0) is 18.2 Å². The summed E-state index contributed by atoms with van der Waals surface area (Å²) < 4.78 is 39.5. The summed E-state index contributed by atoms with van der Waals surface area (Å²) in [6, 6.07) is 5.75. The highest BCUT2D eigenvalue weighted by atomic mass is 32.2. The van der Waals surface area contributed by atoms with Crippen LogP contribution < -0.4 is 10.9 Å². The third kappa shape index (κ3) is 3.45. The Morgan fingerprint density at radius 2 is 2.12 bits per heavy atom. The fourth-order valence-electron chi connectivity index (χ4n) is 2.33. The molecule has 9 heteroatoms. The van der Waals surface area contributed by atoms with Crippen LogP contribution in [0.15, 0.2) is 46.5 Å². The van der Waals surface area contributed by atoms with E-state index in [1.54, 1.807) is 0 Å². The lowest BCUT2D eigenvalue weighted by Gasteiger charge is -2.24. The van der Waals surface area contributed by atoms with Gasteiger partial charge in [-0.25, -0.2) is 4.98 Å². The summed E-state index contributed by atoms with van der Waals surface area (Å²) in [4.78, 5) is 28.2. The summed E-state index contributed by atoms with van der Waals surface area (Å²) in [7, 11) is 0. The van der Waals surface area contributed by atoms with E-state index in [0.29, 0.717) is 10.9 Å². The molecule has 1 N–H and O–H groups in total. The van der Waals surface area contributed by atoms with E-state index < -0.39 is 23.6 Å². The molecule has 0 radical (unpaired) electrons. The first-order valence-corrected chi connectivity index (χ1v) is 8.00. The fourth-order valence-corrected chi connectivity index (χ4v) is 3.39. The third-order valence-electron chi connectivity index (χ3n) is 3.54. The Kier molecular flexibility index (Phi) is 4.35. The second kappa shape index (κ2) is 6.31. The molecule has 5 nitrogen and oxygen atoms in total. The van der Waals surface area contributed by atoms with Crippen molar-refractivity contribution in [1.82, 2.24) is 9.55 Å². The quantitative estimate of drug-likeness (QED) is 0.841. The van der Waals surface area contributed by atoms with Crippen LogP contribution in [0.2, 0.25) is 0 Å². The van der Waals surface area contributed by atoms with Gasteiger partial charge in [-0.2, -0.15) is 13.2 Å². The number of aromatic nitrogens is 2. The second-order valence-electron chi connectivity index (χ2n) is 5.25. The Morgan fingerprint density at radius 3 is 2.88 bits per heavy atom. The van der Waals surface area contributed by atoms with Crippen molar-refractivity contribution in [1.29, 1.82) is 0 Å². The number of thioether (sulfide) groups is 1. The SMILES string of the molecule is O=C(Nc1cccc(C(F)(F)F)c1)C1CSc2nccc(=O)n2C1. The van der Waals surface area contributed by atoms with Crippen molar-refractivity contribution in [3.05, 3.63) is 52.4 Å². The molecule has 2 heterocycles. The molecular formula is C15H12F3N3O2S. The lowest BCUT2D eigenvalue weighted by molar-refractivity contribution is -0.137. The van der Waals surface area contributed by atoms with E-state index in [4.69, 9.17) is 0 Å². The molecule has 3 rings (SSSR count). The summed E-state index contributed by atoms with van der Waals surface area (Å²) in [6.45, 7) is 0.153. The number of carbonyl (C=O) groups is 1. The van der Waals surface area contributed by atoms with Gasteiger partial charge in [0.2, 0.25) is 5.91 Å². The number of amides is 1. The minimum atomic E-state index is -4.47. The number of carbonyl (C=O) groups excluding carboxylic acids is 1. The Hall–Kier alpha value is -2.29. The first kappa shape index (κ1) is 16.6. The zero-order valence-electron chi connectivity index (χ0n) is 12.2. The van der Waals surface area contributed by atoms with Gasteiger partial charge in [0.25, 0.3) is 5.56 Å². The minimum Gasteiger partial charge on any atom is -0.326 e. The van der Waals surface area contributed by atoms with Crippen LogP contribution in [0, 0.1) is 5.92 Å². The van der Waals surface area contributed by atoms with E-state index in [0.717, 1.165) is 12.1 Å². The van der Waals surface area contributed by atoms with Crippen LogP contribution in [0.4, 0.5) is 18.9 Å². The molecule has 0 spiro atoms. The van der Waals surface area contributed by atoms with Crippen molar-refractivity contribution < 1.29 is 18.0 Å². The Labute approximate surface area is 138 Å². The molecule has 126 valence electrons. The first-order valence-electron chi connectivity index (χ1n) is 7.01.